The molecule has 1 saturated heterocycles. The Kier molecular flexibility index (Phi) is 6.59. The summed E-state index contributed by atoms with van der Waals surface area (Å²) in [6, 6.07) is 9.71. The van der Waals surface area contributed by atoms with Crippen LogP contribution in [0, 0.1) is 12.8 Å². The van der Waals surface area contributed by atoms with Gasteiger partial charge in [0.1, 0.15) is 0 Å². The van der Waals surface area contributed by atoms with Gasteiger partial charge in [-0.15, -0.1) is 0 Å². The van der Waals surface area contributed by atoms with E-state index in [1.54, 1.807) is 21.3 Å². The fraction of sp³-hybridized carbons (Fsp3) is 0.455. The molecule has 1 aromatic heterocycles. The van der Waals surface area contributed by atoms with Crippen LogP contribution in [-0.4, -0.2) is 55.4 Å². The average molecular weight is 400 g/mol. The van der Waals surface area contributed by atoms with Crippen molar-refractivity contribution in [1.82, 2.24) is 9.88 Å². The third kappa shape index (κ3) is 4.45. The second-order valence-electron chi connectivity index (χ2n) is 7.21. The first kappa shape index (κ1) is 20.9. The number of methoxy groups -OCH3 is 3. The van der Waals surface area contributed by atoms with E-state index in [0.29, 0.717) is 43.2 Å². The van der Waals surface area contributed by atoms with Crippen molar-refractivity contribution < 1.29 is 24.1 Å². The lowest BCUT2D eigenvalue weighted by Crippen LogP contribution is -2.39. The number of aryl methyl sites for hydroxylation is 1. The van der Waals surface area contributed by atoms with E-state index < -0.39 is 5.97 Å². The summed E-state index contributed by atoms with van der Waals surface area (Å²) in [7, 11) is 4.77. The van der Waals surface area contributed by atoms with Crippen LogP contribution in [0.25, 0.3) is 0 Å². The second kappa shape index (κ2) is 9.13. The fourth-order valence-electron chi connectivity index (χ4n) is 3.95. The van der Waals surface area contributed by atoms with Gasteiger partial charge in [-0.2, -0.15) is 0 Å². The van der Waals surface area contributed by atoms with Crippen LogP contribution in [0.2, 0.25) is 0 Å². The number of piperidine rings is 1. The highest BCUT2D eigenvalue weighted by Gasteiger charge is 2.32. The Hall–Kier alpha value is -2.80. The van der Waals surface area contributed by atoms with Crippen LogP contribution in [0.3, 0.4) is 0 Å². The van der Waals surface area contributed by atoms with Gasteiger partial charge in [-0.05, 0) is 62.7 Å². The van der Waals surface area contributed by atoms with Gasteiger partial charge in [0.15, 0.2) is 11.5 Å². The SMILES string of the molecule is COc1cc(C(c2cccc(C)n2)N2CCC(C(=O)O)CC2)cc(OC)c1OC. The van der Waals surface area contributed by atoms with Gasteiger partial charge in [-0.3, -0.25) is 14.7 Å². The molecule has 1 aliphatic heterocycles. The number of benzene rings is 1. The van der Waals surface area contributed by atoms with Gasteiger partial charge in [0.2, 0.25) is 5.75 Å². The zero-order valence-electron chi connectivity index (χ0n) is 17.3. The third-order valence-corrected chi connectivity index (χ3v) is 5.44. The third-order valence-electron chi connectivity index (χ3n) is 5.44. The Bertz CT molecular complexity index is 837. The monoisotopic (exact) mass is 400 g/mol. The fourth-order valence-corrected chi connectivity index (χ4v) is 3.95. The summed E-state index contributed by atoms with van der Waals surface area (Å²) in [6.45, 7) is 3.31. The van der Waals surface area contributed by atoms with Crippen molar-refractivity contribution in [3.05, 3.63) is 47.3 Å². The Morgan fingerprint density at radius 2 is 1.72 bits per heavy atom. The number of aromatic nitrogens is 1. The molecule has 7 nitrogen and oxygen atoms in total. The van der Waals surface area contributed by atoms with E-state index in [2.05, 4.69) is 4.90 Å². The number of carboxylic acids is 1. The minimum atomic E-state index is -0.720. The number of likely N-dealkylation sites (tertiary alicyclic amines) is 1. The molecular formula is C22H28N2O5. The lowest BCUT2D eigenvalue weighted by Gasteiger charge is -2.37. The first-order valence-corrected chi connectivity index (χ1v) is 9.68. The van der Waals surface area contributed by atoms with E-state index in [-0.39, 0.29) is 12.0 Å². The average Bonchev–Trinajstić information content (AvgIpc) is 2.73. The van der Waals surface area contributed by atoms with E-state index in [1.165, 1.54) is 0 Å². The summed E-state index contributed by atoms with van der Waals surface area (Å²) >= 11 is 0. The van der Waals surface area contributed by atoms with Crippen LogP contribution in [0.15, 0.2) is 30.3 Å². The molecule has 1 atom stereocenters. The largest absolute Gasteiger partial charge is 0.493 e. The number of hydrogen-bond donors (Lipinski definition) is 1. The molecule has 1 aromatic carbocycles. The van der Waals surface area contributed by atoms with E-state index >= 15 is 0 Å². The number of hydrogen-bond acceptors (Lipinski definition) is 6. The molecule has 0 aliphatic carbocycles. The summed E-state index contributed by atoms with van der Waals surface area (Å²) in [5.74, 6) is 0.694. The van der Waals surface area contributed by atoms with Gasteiger partial charge in [0.05, 0.1) is 39.0 Å². The normalized spacial score (nSPS) is 16.3. The number of carboxylic acid groups (broad SMARTS) is 1. The molecule has 2 heterocycles. The Labute approximate surface area is 171 Å². The highest BCUT2D eigenvalue weighted by atomic mass is 16.5. The summed E-state index contributed by atoms with van der Waals surface area (Å²) in [4.78, 5) is 18.4. The minimum absolute atomic E-state index is 0.140. The van der Waals surface area contributed by atoms with Gasteiger partial charge in [0.25, 0.3) is 0 Å². The second-order valence-corrected chi connectivity index (χ2v) is 7.21. The van der Waals surface area contributed by atoms with Crippen LogP contribution in [0.4, 0.5) is 0 Å². The summed E-state index contributed by atoms with van der Waals surface area (Å²) in [6.07, 6.45) is 1.23. The number of nitrogens with zero attached hydrogens (tertiary/aromatic N) is 2. The minimum Gasteiger partial charge on any atom is -0.493 e. The van der Waals surface area contributed by atoms with Crippen LogP contribution >= 0.6 is 0 Å². The molecule has 1 unspecified atom stereocenters. The number of aliphatic carboxylic acids is 1. The topological polar surface area (TPSA) is 81.1 Å². The van der Waals surface area contributed by atoms with Gasteiger partial charge < -0.3 is 19.3 Å². The molecule has 0 amide bonds. The Morgan fingerprint density at radius 3 is 2.21 bits per heavy atom. The summed E-state index contributed by atoms with van der Waals surface area (Å²) < 4.78 is 16.5. The molecule has 7 heteroatoms. The van der Waals surface area contributed by atoms with Crippen molar-refractivity contribution in [2.75, 3.05) is 34.4 Å². The molecular weight excluding hydrogens is 372 g/mol. The van der Waals surface area contributed by atoms with Crippen molar-refractivity contribution in [2.45, 2.75) is 25.8 Å². The van der Waals surface area contributed by atoms with Crippen molar-refractivity contribution in [3.8, 4) is 17.2 Å². The number of ether oxygens (including phenoxy) is 3. The lowest BCUT2D eigenvalue weighted by atomic mass is 9.92. The predicted molar refractivity (Wildman–Crippen MR) is 109 cm³/mol. The molecule has 1 N–H and O–H groups in total. The number of carbonyl (C=O) groups is 1. The van der Waals surface area contributed by atoms with Gasteiger partial charge in [-0.1, -0.05) is 6.07 Å². The summed E-state index contributed by atoms with van der Waals surface area (Å²) in [5.41, 5.74) is 2.81. The molecule has 0 spiro atoms. The van der Waals surface area contributed by atoms with Gasteiger partial charge in [-0.25, -0.2) is 0 Å². The maximum absolute atomic E-state index is 11.4. The molecule has 1 fully saturated rings. The molecule has 156 valence electrons. The standard InChI is InChI=1S/C22H28N2O5/c1-14-6-5-7-17(23-14)20(24-10-8-15(9-11-24)22(25)26)16-12-18(27-2)21(29-4)19(13-16)28-3/h5-7,12-13,15,20H,8-11H2,1-4H3,(H,25,26). The van der Waals surface area contributed by atoms with Crippen LogP contribution in [0.5, 0.6) is 17.2 Å². The van der Waals surface area contributed by atoms with Crippen LogP contribution < -0.4 is 14.2 Å². The molecule has 0 bridgehead atoms. The molecule has 2 aromatic rings. The van der Waals surface area contributed by atoms with Crippen LogP contribution in [-0.2, 0) is 4.79 Å². The Morgan fingerprint density at radius 1 is 1.10 bits per heavy atom. The molecule has 0 radical (unpaired) electrons. The van der Waals surface area contributed by atoms with Gasteiger partial charge >= 0.3 is 5.97 Å². The van der Waals surface area contributed by atoms with Crippen molar-refractivity contribution in [1.29, 1.82) is 0 Å². The van der Waals surface area contributed by atoms with E-state index in [1.807, 2.05) is 37.3 Å². The predicted octanol–water partition coefficient (Wildman–Crippen LogP) is 3.30. The molecule has 3 rings (SSSR count). The maximum Gasteiger partial charge on any atom is 0.306 e. The molecule has 0 saturated carbocycles. The maximum atomic E-state index is 11.4. The van der Waals surface area contributed by atoms with E-state index in [9.17, 15) is 9.90 Å². The zero-order valence-corrected chi connectivity index (χ0v) is 17.3. The first-order valence-electron chi connectivity index (χ1n) is 9.68. The quantitative estimate of drug-likeness (QED) is 0.764. The van der Waals surface area contributed by atoms with E-state index in [0.717, 1.165) is 17.0 Å². The highest BCUT2D eigenvalue weighted by molar-refractivity contribution is 5.70. The summed E-state index contributed by atoms with van der Waals surface area (Å²) in [5, 5.41) is 9.35. The molecule has 1 aliphatic rings. The van der Waals surface area contributed by atoms with Crippen molar-refractivity contribution in [3.63, 3.8) is 0 Å². The van der Waals surface area contributed by atoms with Crippen molar-refractivity contribution in [2.24, 2.45) is 5.92 Å². The lowest BCUT2D eigenvalue weighted by molar-refractivity contribution is -0.143. The first-order chi connectivity index (χ1) is 14.0. The highest BCUT2D eigenvalue weighted by Crippen LogP contribution is 2.42. The van der Waals surface area contributed by atoms with E-state index in [4.69, 9.17) is 19.2 Å². The zero-order chi connectivity index (χ0) is 21.0. The van der Waals surface area contributed by atoms with Crippen molar-refractivity contribution >= 4 is 5.97 Å². The number of pyridine rings is 1. The number of rotatable bonds is 7. The molecule has 29 heavy (non-hydrogen) atoms. The van der Waals surface area contributed by atoms with Gasteiger partial charge in [0, 0.05) is 5.69 Å². The Balaban J connectivity index is 2.05. The van der Waals surface area contributed by atoms with Crippen LogP contribution in [0.1, 0.15) is 35.8 Å². The smallest absolute Gasteiger partial charge is 0.306 e.